The lowest BCUT2D eigenvalue weighted by molar-refractivity contribution is -0.0000341. The lowest BCUT2D eigenvalue weighted by Gasteiger charge is -2.36. The molecule has 1 N–H and O–H groups in total. The minimum absolute atomic E-state index is 0. The maximum atomic E-state index is 13.1. The largest absolute Gasteiger partial charge is 1.00 e. The summed E-state index contributed by atoms with van der Waals surface area (Å²) in [4.78, 5) is 32.1. The van der Waals surface area contributed by atoms with Crippen LogP contribution in [0.25, 0.3) is 10.8 Å². The molecule has 0 aromatic heterocycles. The number of piperazine rings is 1. The van der Waals surface area contributed by atoms with Crippen molar-refractivity contribution in [2.45, 2.75) is 20.0 Å². The van der Waals surface area contributed by atoms with E-state index in [1.807, 2.05) is 62.4 Å². The number of carbonyl (C=O) groups is 2. The maximum absolute atomic E-state index is 13.1. The van der Waals surface area contributed by atoms with Crippen LogP contribution in [0.15, 0.2) is 54.6 Å². The molecule has 3 aromatic carbocycles. The van der Waals surface area contributed by atoms with E-state index in [-0.39, 0.29) is 32.3 Å². The number of imide groups is 1. The Balaban J connectivity index is 0.00000200. The maximum Gasteiger partial charge on any atom is 1.00 e. The molecule has 0 spiro atoms. The number of halogens is 1. The summed E-state index contributed by atoms with van der Waals surface area (Å²) in [6.07, 6.45) is -0.567. The number of carbonyl (C=O) groups excluding carboxylic acids is 2. The van der Waals surface area contributed by atoms with E-state index in [4.69, 9.17) is 4.74 Å². The van der Waals surface area contributed by atoms with Gasteiger partial charge in [-0.05, 0) is 48.6 Å². The van der Waals surface area contributed by atoms with Gasteiger partial charge >= 0.3 is 1.43 Å². The number of aryl methyl sites for hydroxylation is 2. The standard InChI is InChI=1S/C29H33N3O4.ClH/c1-20-9-10-21(2)26(17-20)36-19-23(33)18-31-13-11-30(12-14-31)15-16-32-28(34)24-7-3-5-22-6-4-8-25(27(22)24)29(32)35;/h3-10,17,23,33H,11-16,18-19H2,1-2H3;1H. The monoisotopic (exact) mass is 523 g/mol. The number of benzene rings is 3. The van der Waals surface area contributed by atoms with Crippen LogP contribution < -0.4 is 17.1 Å². The molecule has 8 heteroatoms. The SMILES string of the molecule is Cc1ccc(C)c(OCC(O)CN2CCN(CCN3C(=O)c4cccc5cccc(c45)C3=O)CC2)c1.[Cl-].[H+]. The van der Waals surface area contributed by atoms with Gasteiger partial charge in [0.1, 0.15) is 18.5 Å². The van der Waals surface area contributed by atoms with Crippen LogP contribution in [-0.2, 0) is 0 Å². The van der Waals surface area contributed by atoms with Gasteiger partial charge in [-0.25, -0.2) is 0 Å². The molecule has 1 saturated heterocycles. The summed E-state index contributed by atoms with van der Waals surface area (Å²) < 4.78 is 5.86. The number of rotatable bonds is 8. The Bertz CT molecular complexity index is 1250. The van der Waals surface area contributed by atoms with Gasteiger partial charge in [0.05, 0.1) is 0 Å². The van der Waals surface area contributed by atoms with Gasteiger partial charge in [0.25, 0.3) is 11.8 Å². The van der Waals surface area contributed by atoms with Gasteiger partial charge in [0.15, 0.2) is 0 Å². The number of β-amino-alcohol motifs (C(OH)–C–C–N with tert-alkyl or cyclic N) is 1. The predicted octanol–water partition coefficient (Wildman–Crippen LogP) is 0.227. The summed E-state index contributed by atoms with van der Waals surface area (Å²) in [5.74, 6) is 0.393. The topological polar surface area (TPSA) is 73.3 Å². The smallest absolute Gasteiger partial charge is 1.00 e. The van der Waals surface area contributed by atoms with E-state index in [1.165, 1.54) is 4.90 Å². The molecule has 2 heterocycles. The normalized spacial score (nSPS) is 17.1. The first-order valence-electron chi connectivity index (χ1n) is 12.6. The van der Waals surface area contributed by atoms with Crippen molar-refractivity contribution in [2.24, 2.45) is 0 Å². The molecule has 2 amide bonds. The lowest BCUT2D eigenvalue weighted by Crippen LogP contribution is -3.00. The van der Waals surface area contributed by atoms with Gasteiger partial charge in [-0.15, -0.1) is 0 Å². The summed E-state index contributed by atoms with van der Waals surface area (Å²) in [6.45, 7) is 9.16. The number of amides is 2. The van der Waals surface area contributed by atoms with Gasteiger partial charge in [-0.3, -0.25) is 24.3 Å². The molecule has 0 aliphatic carbocycles. The highest BCUT2D eigenvalue weighted by Crippen LogP contribution is 2.29. The highest BCUT2D eigenvalue weighted by atomic mass is 35.5. The summed E-state index contributed by atoms with van der Waals surface area (Å²) in [7, 11) is 0. The molecule has 5 rings (SSSR count). The second-order valence-corrected chi connectivity index (χ2v) is 9.85. The molecular formula is C29H34ClN3O4. The Morgan fingerprint density at radius 2 is 1.51 bits per heavy atom. The first-order chi connectivity index (χ1) is 17.4. The van der Waals surface area contributed by atoms with Crippen LogP contribution in [0.5, 0.6) is 5.75 Å². The van der Waals surface area contributed by atoms with Crippen molar-refractivity contribution in [1.82, 2.24) is 14.7 Å². The van der Waals surface area contributed by atoms with Crippen molar-refractivity contribution in [2.75, 3.05) is 52.4 Å². The van der Waals surface area contributed by atoms with Gasteiger partial charge in [0, 0.05) is 62.3 Å². The molecule has 0 radical (unpaired) electrons. The quantitative estimate of drug-likeness (QED) is 0.426. The van der Waals surface area contributed by atoms with Crippen LogP contribution in [-0.4, -0.2) is 90.1 Å². The molecule has 2 aliphatic heterocycles. The summed E-state index contributed by atoms with van der Waals surface area (Å²) in [5.41, 5.74) is 3.40. The second-order valence-electron chi connectivity index (χ2n) is 9.85. The number of aliphatic hydroxyl groups excluding tert-OH is 1. The van der Waals surface area contributed by atoms with Gasteiger partial charge in [-0.2, -0.15) is 0 Å². The Labute approximate surface area is 225 Å². The van der Waals surface area contributed by atoms with Crippen molar-refractivity contribution < 1.29 is 33.3 Å². The third-order valence-electron chi connectivity index (χ3n) is 7.20. The zero-order valence-electron chi connectivity index (χ0n) is 22.3. The van der Waals surface area contributed by atoms with Gasteiger partial charge in [0.2, 0.25) is 0 Å². The average Bonchev–Trinajstić information content (AvgIpc) is 2.88. The summed E-state index contributed by atoms with van der Waals surface area (Å²) in [6, 6.07) is 17.3. The number of nitrogens with zero attached hydrogens (tertiary/aromatic N) is 3. The molecule has 1 fully saturated rings. The summed E-state index contributed by atoms with van der Waals surface area (Å²) in [5, 5.41) is 12.2. The fraction of sp³-hybridized carbons (Fsp3) is 0.379. The Hall–Kier alpha value is -2.97. The van der Waals surface area contributed by atoms with Crippen molar-refractivity contribution in [1.29, 1.82) is 0 Å². The number of hydrogen-bond donors (Lipinski definition) is 1. The predicted molar refractivity (Wildman–Crippen MR) is 141 cm³/mol. The van der Waals surface area contributed by atoms with Crippen molar-refractivity contribution in [3.63, 3.8) is 0 Å². The van der Waals surface area contributed by atoms with Crippen molar-refractivity contribution in [3.8, 4) is 5.75 Å². The van der Waals surface area contributed by atoms with E-state index in [9.17, 15) is 14.7 Å². The highest BCUT2D eigenvalue weighted by molar-refractivity contribution is 6.25. The van der Waals surface area contributed by atoms with Crippen molar-refractivity contribution >= 4 is 22.6 Å². The van der Waals surface area contributed by atoms with Crippen LogP contribution in [0.1, 0.15) is 33.3 Å². The first kappa shape index (κ1) is 27.1. The van der Waals surface area contributed by atoms with E-state index in [2.05, 4.69) is 15.9 Å². The number of hydrogen-bond acceptors (Lipinski definition) is 6. The highest BCUT2D eigenvalue weighted by Gasteiger charge is 2.33. The van der Waals surface area contributed by atoms with E-state index < -0.39 is 6.10 Å². The molecule has 3 aromatic rings. The number of aliphatic hydroxyl groups is 1. The third-order valence-corrected chi connectivity index (χ3v) is 7.20. The van der Waals surface area contributed by atoms with Gasteiger partial charge < -0.3 is 22.3 Å². The second kappa shape index (κ2) is 11.6. The zero-order chi connectivity index (χ0) is 25.2. The molecule has 1 atom stereocenters. The van der Waals surface area contributed by atoms with E-state index in [1.54, 1.807) is 0 Å². The van der Waals surface area contributed by atoms with E-state index >= 15 is 0 Å². The van der Waals surface area contributed by atoms with Crippen LogP contribution in [0.4, 0.5) is 0 Å². The minimum Gasteiger partial charge on any atom is -1.00 e. The van der Waals surface area contributed by atoms with Crippen LogP contribution in [0.3, 0.4) is 0 Å². The molecule has 2 aliphatic rings. The molecule has 37 heavy (non-hydrogen) atoms. The Morgan fingerprint density at radius 3 is 2.16 bits per heavy atom. The van der Waals surface area contributed by atoms with Gasteiger partial charge in [-0.1, -0.05) is 36.4 Å². The Morgan fingerprint density at radius 1 is 0.892 bits per heavy atom. The zero-order valence-corrected chi connectivity index (χ0v) is 22.1. The minimum atomic E-state index is -0.567. The van der Waals surface area contributed by atoms with E-state index in [0.717, 1.165) is 53.8 Å². The fourth-order valence-electron chi connectivity index (χ4n) is 5.12. The lowest BCUT2D eigenvalue weighted by atomic mass is 9.94. The van der Waals surface area contributed by atoms with E-state index in [0.29, 0.717) is 30.8 Å². The molecule has 0 bridgehead atoms. The Kier molecular flexibility index (Phi) is 8.49. The third kappa shape index (κ3) is 5.80. The summed E-state index contributed by atoms with van der Waals surface area (Å²) >= 11 is 0. The van der Waals surface area contributed by atoms with Crippen LogP contribution in [0, 0.1) is 13.8 Å². The first-order valence-corrected chi connectivity index (χ1v) is 12.6. The molecule has 7 nitrogen and oxygen atoms in total. The van der Waals surface area contributed by atoms with Crippen LogP contribution >= 0.6 is 0 Å². The van der Waals surface area contributed by atoms with Crippen LogP contribution in [0.2, 0.25) is 0 Å². The molecule has 196 valence electrons. The number of ether oxygens (including phenoxy) is 1. The molecular weight excluding hydrogens is 490 g/mol. The molecule has 0 saturated carbocycles. The average molecular weight is 524 g/mol. The van der Waals surface area contributed by atoms with Crippen molar-refractivity contribution in [3.05, 3.63) is 76.9 Å². The molecule has 1 unspecified atom stereocenters. The fourth-order valence-corrected chi connectivity index (χ4v) is 5.12.